The number of esters is 1. The second-order valence-electron chi connectivity index (χ2n) is 3.12. The number of carbonyl (C=O) groups is 1. The van der Waals surface area contributed by atoms with Crippen LogP contribution >= 0.6 is 27.5 Å². The van der Waals surface area contributed by atoms with Crippen molar-refractivity contribution in [2.24, 2.45) is 0 Å². The van der Waals surface area contributed by atoms with Crippen molar-refractivity contribution in [3.8, 4) is 5.75 Å². The number of rotatable bonds is 1. The molecule has 0 aliphatic carbocycles. The topological polar surface area (TPSA) is 35.5 Å². The van der Waals surface area contributed by atoms with Crippen LogP contribution in [0.25, 0.3) is 0 Å². The molecule has 1 aromatic carbocycles. The number of carbonyl (C=O) groups excluding carboxylic acids is 1. The zero-order valence-corrected chi connectivity index (χ0v) is 10.3. The molecule has 0 N–H and O–H groups in total. The molecule has 0 bridgehead atoms. The van der Waals surface area contributed by atoms with Gasteiger partial charge in [-0.05, 0) is 22.0 Å². The Morgan fingerprint density at radius 2 is 2.40 bits per heavy atom. The van der Waals surface area contributed by atoms with E-state index in [0.29, 0.717) is 27.4 Å². The fourth-order valence-electron chi connectivity index (χ4n) is 1.57. The van der Waals surface area contributed by atoms with Crippen molar-refractivity contribution in [1.29, 1.82) is 0 Å². The van der Waals surface area contributed by atoms with Crippen LogP contribution in [0.5, 0.6) is 5.75 Å². The molecule has 0 atom stereocenters. The molecule has 0 amide bonds. The fourth-order valence-corrected chi connectivity index (χ4v) is 2.27. The number of hydrogen-bond donors (Lipinski definition) is 0. The third kappa shape index (κ3) is 1.72. The molecule has 0 saturated carbocycles. The number of methoxy groups -OCH3 is 1. The first-order valence-corrected chi connectivity index (χ1v) is 5.54. The first-order valence-electron chi connectivity index (χ1n) is 4.37. The summed E-state index contributed by atoms with van der Waals surface area (Å²) < 4.78 is 10.7. The molecule has 3 nitrogen and oxygen atoms in total. The minimum Gasteiger partial charge on any atom is -0.492 e. The maximum atomic E-state index is 11.5. The van der Waals surface area contributed by atoms with Crippen LogP contribution in [0.15, 0.2) is 10.5 Å². The van der Waals surface area contributed by atoms with Crippen molar-refractivity contribution in [3.63, 3.8) is 0 Å². The third-order valence-corrected chi connectivity index (χ3v) is 3.55. The summed E-state index contributed by atoms with van der Waals surface area (Å²) in [5, 5.41) is 0.607. The minimum atomic E-state index is -0.412. The van der Waals surface area contributed by atoms with Crippen LogP contribution in [-0.4, -0.2) is 19.7 Å². The van der Waals surface area contributed by atoms with E-state index >= 15 is 0 Å². The first-order chi connectivity index (χ1) is 7.15. The van der Waals surface area contributed by atoms with Gasteiger partial charge in [-0.25, -0.2) is 4.79 Å². The summed E-state index contributed by atoms with van der Waals surface area (Å²) in [7, 11) is 1.34. The van der Waals surface area contributed by atoms with Crippen LogP contribution in [0.3, 0.4) is 0 Å². The summed E-state index contributed by atoms with van der Waals surface area (Å²) >= 11 is 9.38. The van der Waals surface area contributed by atoms with Gasteiger partial charge in [0, 0.05) is 16.5 Å². The molecule has 0 saturated heterocycles. The summed E-state index contributed by atoms with van der Waals surface area (Å²) in [6.07, 6.45) is 0.720. The Bertz CT molecular complexity index is 431. The Kier molecular flexibility index (Phi) is 2.89. The standard InChI is InChI=1S/C10H8BrClO3/c1-14-10(13)6-4-7(11)8(12)5-2-3-15-9(5)6/h4H,2-3H2,1H3. The molecule has 0 aromatic heterocycles. The molecule has 80 valence electrons. The number of benzene rings is 1. The van der Waals surface area contributed by atoms with E-state index in [9.17, 15) is 4.79 Å². The van der Waals surface area contributed by atoms with E-state index in [2.05, 4.69) is 20.7 Å². The smallest absolute Gasteiger partial charge is 0.341 e. The summed E-state index contributed by atoms with van der Waals surface area (Å²) in [5.41, 5.74) is 1.28. The minimum absolute atomic E-state index is 0.412. The highest BCUT2D eigenvalue weighted by Gasteiger charge is 2.25. The highest BCUT2D eigenvalue weighted by atomic mass is 79.9. The van der Waals surface area contributed by atoms with Gasteiger partial charge in [-0.3, -0.25) is 0 Å². The van der Waals surface area contributed by atoms with Crippen molar-refractivity contribution in [2.75, 3.05) is 13.7 Å². The lowest BCUT2D eigenvalue weighted by atomic mass is 10.1. The second-order valence-corrected chi connectivity index (χ2v) is 4.35. The van der Waals surface area contributed by atoms with E-state index in [4.69, 9.17) is 16.3 Å². The molecule has 0 unspecified atom stereocenters. The summed E-state index contributed by atoms with van der Waals surface area (Å²) in [6.45, 7) is 0.551. The van der Waals surface area contributed by atoms with Gasteiger partial charge in [0.25, 0.3) is 0 Å². The van der Waals surface area contributed by atoms with E-state index in [1.807, 2.05) is 0 Å². The van der Waals surface area contributed by atoms with E-state index in [0.717, 1.165) is 12.0 Å². The van der Waals surface area contributed by atoms with Crippen LogP contribution in [0.2, 0.25) is 5.02 Å². The molecule has 1 aromatic rings. The predicted molar refractivity (Wildman–Crippen MR) is 59.7 cm³/mol. The normalized spacial score (nSPS) is 13.3. The van der Waals surface area contributed by atoms with Gasteiger partial charge in [0.05, 0.1) is 18.7 Å². The third-order valence-electron chi connectivity index (χ3n) is 2.27. The van der Waals surface area contributed by atoms with Crippen molar-refractivity contribution in [1.82, 2.24) is 0 Å². The maximum Gasteiger partial charge on any atom is 0.341 e. The Labute approximate surface area is 100 Å². The molecular weight excluding hydrogens is 283 g/mol. The number of hydrogen-bond acceptors (Lipinski definition) is 3. The molecular formula is C10H8BrClO3. The summed E-state index contributed by atoms with van der Waals surface area (Å²) in [6, 6.07) is 1.62. The first kappa shape index (κ1) is 10.8. The summed E-state index contributed by atoms with van der Waals surface area (Å²) in [5.74, 6) is 0.139. The molecule has 5 heteroatoms. The van der Waals surface area contributed by atoms with Crippen LogP contribution < -0.4 is 4.74 Å². The lowest BCUT2D eigenvalue weighted by Crippen LogP contribution is -2.04. The fraction of sp³-hybridized carbons (Fsp3) is 0.300. The van der Waals surface area contributed by atoms with Gasteiger partial charge in [-0.2, -0.15) is 0 Å². The van der Waals surface area contributed by atoms with Gasteiger partial charge >= 0.3 is 5.97 Å². The van der Waals surface area contributed by atoms with Crippen molar-refractivity contribution >= 4 is 33.5 Å². The largest absolute Gasteiger partial charge is 0.492 e. The molecule has 0 spiro atoms. The average molecular weight is 292 g/mol. The quantitative estimate of drug-likeness (QED) is 0.746. The van der Waals surface area contributed by atoms with Crippen molar-refractivity contribution < 1.29 is 14.3 Å². The highest BCUT2D eigenvalue weighted by molar-refractivity contribution is 9.10. The van der Waals surface area contributed by atoms with E-state index in [1.54, 1.807) is 6.07 Å². The van der Waals surface area contributed by atoms with E-state index < -0.39 is 5.97 Å². The van der Waals surface area contributed by atoms with Crippen molar-refractivity contribution in [2.45, 2.75) is 6.42 Å². The van der Waals surface area contributed by atoms with E-state index in [1.165, 1.54) is 7.11 Å². The monoisotopic (exact) mass is 290 g/mol. The molecule has 1 aliphatic heterocycles. The lowest BCUT2D eigenvalue weighted by Gasteiger charge is -2.08. The zero-order chi connectivity index (χ0) is 11.0. The van der Waals surface area contributed by atoms with E-state index in [-0.39, 0.29) is 0 Å². The van der Waals surface area contributed by atoms with Gasteiger partial charge in [-0.15, -0.1) is 0 Å². The Balaban J connectivity index is 2.62. The SMILES string of the molecule is COC(=O)c1cc(Br)c(Cl)c2c1OCC2. The summed E-state index contributed by atoms with van der Waals surface area (Å²) in [4.78, 5) is 11.5. The van der Waals surface area contributed by atoms with Gasteiger partial charge in [0.1, 0.15) is 11.3 Å². The van der Waals surface area contributed by atoms with Crippen LogP contribution in [0.4, 0.5) is 0 Å². The molecule has 1 heterocycles. The zero-order valence-electron chi connectivity index (χ0n) is 7.97. The molecule has 15 heavy (non-hydrogen) atoms. The molecule has 0 fully saturated rings. The van der Waals surface area contributed by atoms with Gasteiger partial charge in [0.15, 0.2) is 0 Å². The molecule has 2 rings (SSSR count). The maximum absolute atomic E-state index is 11.5. The van der Waals surface area contributed by atoms with Gasteiger partial charge in [-0.1, -0.05) is 11.6 Å². The van der Waals surface area contributed by atoms with Crippen LogP contribution in [0.1, 0.15) is 15.9 Å². The Morgan fingerprint density at radius 3 is 3.07 bits per heavy atom. The van der Waals surface area contributed by atoms with Gasteiger partial charge < -0.3 is 9.47 Å². The van der Waals surface area contributed by atoms with Gasteiger partial charge in [0.2, 0.25) is 0 Å². The van der Waals surface area contributed by atoms with Crippen LogP contribution in [-0.2, 0) is 11.2 Å². The Hall–Kier alpha value is -0.740. The molecule has 0 radical (unpaired) electrons. The average Bonchev–Trinajstić information content (AvgIpc) is 2.71. The van der Waals surface area contributed by atoms with Crippen LogP contribution in [0, 0.1) is 0 Å². The number of fused-ring (bicyclic) bond motifs is 1. The van der Waals surface area contributed by atoms with Crippen molar-refractivity contribution in [3.05, 3.63) is 26.7 Å². The molecule has 1 aliphatic rings. The number of halogens is 2. The Morgan fingerprint density at radius 1 is 1.67 bits per heavy atom. The predicted octanol–water partition coefficient (Wildman–Crippen LogP) is 2.82. The second kappa shape index (κ2) is 4.02. The number of ether oxygens (including phenoxy) is 2. The lowest BCUT2D eigenvalue weighted by molar-refractivity contribution is 0.0597. The highest BCUT2D eigenvalue weighted by Crippen LogP contribution is 2.40.